The molecule has 0 atom stereocenters. The predicted molar refractivity (Wildman–Crippen MR) is 106 cm³/mol. The molecule has 0 spiro atoms. The standard InChI is InChI=1S/C22H24N2O4/c1-2-23-22(27)18-7-4-8-19(13-18)24-20(25)14-28-21(26)12-15-9-10-16-5-3-6-17(16)11-15/h4,7-11,13H,2-3,5-6,12,14H2,1H3,(H,23,27)(H,24,25). The molecule has 0 saturated heterocycles. The van der Waals surface area contributed by atoms with Gasteiger partial charge in [0.1, 0.15) is 0 Å². The summed E-state index contributed by atoms with van der Waals surface area (Å²) in [5, 5.41) is 5.34. The summed E-state index contributed by atoms with van der Waals surface area (Å²) in [7, 11) is 0. The van der Waals surface area contributed by atoms with Gasteiger partial charge in [0.15, 0.2) is 6.61 Å². The predicted octanol–water partition coefficient (Wildman–Crippen LogP) is 2.65. The Bertz CT molecular complexity index is 892. The molecule has 2 amide bonds. The van der Waals surface area contributed by atoms with Crippen molar-refractivity contribution in [2.75, 3.05) is 18.5 Å². The molecule has 0 saturated carbocycles. The number of carbonyl (C=O) groups excluding carboxylic acids is 3. The maximum absolute atomic E-state index is 12.0. The van der Waals surface area contributed by atoms with Gasteiger partial charge >= 0.3 is 5.97 Å². The van der Waals surface area contributed by atoms with Gasteiger partial charge in [-0.25, -0.2) is 0 Å². The molecule has 1 aliphatic carbocycles. The summed E-state index contributed by atoms with van der Waals surface area (Å²) >= 11 is 0. The summed E-state index contributed by atoms with van der Waals surface area (Å²) in [5.74, 6) is -1.10. The average molecular weight is 380 g/mol. The van der Waals surface area contributed by atoms with Gasteiger partial charge in [-0.3, -0.25) is 14.4 Å². The van der Waals surface area contributed by atoms with Gasteiger partial charge in [-0.1, -0.05) is 24.3 Å². The van der Waals surface area contributed by atoms with Crippen molar-refractivity contribution in [3.63, 3.8) is 0 Å². The number of esters is 1. The molecule has 0 aliphatic heterocycles. The zero-order valence-electron chi connectivity index (χ0n) is 15.9. The summed E-state index contributed by atoms with van der Waals surface area (Å²) in [6, 6.07) is 12.7. The van der Waals surface area contributed by atoms with E-state index in [2.05, 4.69) is 22.8 Å². The Morgan fingerprint density at radius 1 is 1.04 bits per heavy atom. The summed E-state index contributed by atoms with van der Waals surface area (Å²) in [6.45, 7) is 1.99. The van der Waals surface area contributed by atoms with Crippen LogP contribution in [0, 0.1) is 0 Å². The average Bonchev–Trinajstić information content (AvgIpc) is 3.15. The number of benzene rings is 2. The zero-order chi connectivity index (χ0) is 19.9. The molecule has 0 aromatic heterocycles. The minimum atomic E-state index is -0.449. The fourth-order valence-corrected chi connectivity index (χ4v) is 3.30. The quantitative estimate of drug-likeness (QED) is 0.723. The molecule has 1 aliphatic rings. The first kappa shape index (κ1) is 19.6. The van der Waals surface area contributed by atoms with Crippen LogP contribution < -0.4 is 10.6 Å². The van der Waals surface area contributed by atoms with Gasteiger partial charge in [0.2, 0.25) is 0 Å². The number of fused-ring (bicyclic) bond motifs is 1. The van der Waals surface area contributed by atoms with Gasteiger partial charge in [0, 0.05) is 17.8 Å². The summed E-state index contributed by atoms with van der Waals surface area (Å²) in [5.41, 5.74) is 4.48. The highest BCUT2D eigenvalue weighted by molar-refractivity contribution is 5.97. The molecule has 0 unspecified atom stereocenters. The molecule has 6 nitrogen and oxygen atoms in total. The third-order valence-corrected chi connectivity index (χ3v) is 4.62. The van der Waals surface area contributed by atoms with Gasteiger partial charge in [-0.05, 0) is 61.1 Å². The molecule has 2 aromatic rings. The maximum atomic E-state index is 12.0. The molecule has 0 heterocycles. The van der Waals surface area contributed by atoms with E-state index < -0.39 is 11.9 Å². The summed E-state index contributed by atoms with van der Waals surface area (Å²) < 4.78 is 5.09. The van der Waals surface area contributed by atoms with Crippen LogP contribution in [-0.4, -0.2) is 30.9 Å². The molecule has 2 N–H and O–H groups in total. The minimum absolute atomic E-state index is 0.146. The number of anilines is 1. The number of aryl methyl sites for hydroxylation is 2. The number of rotatable bonds is 7. The van der Waals surface area contributed by atoms with Gasteiger partial charge in [0.05, 0.1) is 6.42 Å². The topological polar surface area (TPSA) is 84.5 Å². The first-order valence-corrected chi connectivity index (χ1v) is 9.49. The molecule has 3 rings (SSSR count). The normalized spacial score (nSPS) is 12.2. The first-order chi connectivity index (χ1) is 13.5. The molecule has 0 fully saturated rings. The summed E-state index contributed by atoms with van der Waals surface area (Å²) in [6.07, 6.45) is 3.45. The molecule has 146 valence electrons. The Hall–Kier alpha value is -3.15. The Kier molecular flexibility index (Phi) is 6.42. The van der Waals surface area contributed by atoms with Gasteiger partial charge in [-0.15, -0.1) is 0 Å². The lowest BCUT2D eigenvalue weighted by Gasteiger charge is -2.09. The van der Waals surface area contributed by atoms with Crippen molar-refractivity contribution in [3.8, 4) is 0 Å². The van der Waals surface area contributed by atoms with Crippen LogP contribution in [0.4, 0.5) is 5.69 Å². The number of nitrogens with one attached hydrogen (secondary N) is 2. The second kappa shape index (κ2) is 9.17. The number of carbonyl (C=O) groups is 3. The van der Waals surface area contributed by atoms with Crippen molar-refractivity contribution in [2.45, 2.75) is 32.6 Å². The molecular weight excluding hydrogens is 356 g/mol. The van der Waals surface area contributed by atoms with E-state index in [0.29, 0.717) is 17.8 Å². The van der Waals surface area contributed by atoms with Crippen molar-refractivity contribution in [3.05, 3.63) is 64.7 Å². The second-order valence-electron chi connectivity index (χ2n) is 6.78. The Morgan fingerprint density at radius 3 is 2.68 bits per heavy atom. The van der Waals surface area contributed by atoms with E-state index >= 15 is 0 Å². The van der Waals surface area contributed by atoms with Gasteiger partial charge in [0.25, 0.3) is 11.8 Å². The van der Waals surface area contributed by atoms with E-state index in [9.17, 15) is 14.4 Å². The van der Waals surface area contributed by atoms with Crippen LogP contribution in [0.1, 0.15) is 40.4 Å². The van der Waals surface area contributed by atoms with Crippen molar-refractivity contribution in [1.82, 2.24) is 5.32 Å². The largest absolute Gasteiger partial charge is 0.455 e. The third kappa shape index (κ3) is 5.19. The third-order valence-electron chi connectivity index (χ3n) is 4.62. The maximum Gasteiger partial charge on any atom is 0.310 e. The van der Waals surface area contributed by atoms with Crippen LogP contribution in [0.2, 0.25) is 0 Å². The minimum Gasteiger partial charge on any atom is -0.455 e. The molecule has 0 bridgehead atoms. The van der Waals surface area contributed by atoms with Crippen LogP contribution in [0.25, 0.3) is 0 Å². The highest BCUT2D eigenvalue weighted by Crippen LogP contribution is 2.23. The summed E-state index contributed by atoms with van der Waals surface area (Å²) in [4.78, 5) is 35.9. The lowest BCUT2D eigenvalue weighted by Crippen LogP contribution is -2.24. The lowest BCUT2D eigenvalue weighted by atomic mass is 10.0. The second-order valence-corrected chi connectivity index (χ2v) is 6.78. The van der Waals surface area contributed by atoms with Gasteiger partial charge in [-0.2, -0.15) is 0 Å². The number of amides is 2. The Morgan fingerprint density at radius 2 is 1.86 bits per heavy atom. The van der Waals surface area contributed by atoms with Crippen LogP contribution in [0.5, 0.6) is 0 Å². The van der Waals surface area contributed by atoms with Crippen molar-refractivity contribution in [2.24, 2.45) is 0 Å². The number of hydrogen-bond donors (Lipinski definition) is 2. The van der Waals surface area contributed by atoms with E-state index in [1.54, 1.807) is 24.3 Å². The SMILES string of the molecule is CCNC(=O)c1cccc(NC(=O)COC(=O)Cc2ccc3c(c2)CCC3)c1. The molecule has 6 heteroatoms. The van der Waals surface area contributed by atoms with E-state index in [1.807, 2.05) is 13.0 Å². The Labute approximate surface area is 164 Å². The molecule has 0 radical (unpaired) electrons. The number of hydrogen-bond acceptors (Lipinski definition) is 4. The van der Waals surface area contributed by atoms with Crippen molar-refractivity contribution in [1.29, 1.82) is 0 Å². The molecular formula is C22H24N2O4. The van der Waals surface area contributed by atoms with Crippen molar-refractivity contribution < 1.29 is 19.1 Å². The lowest BCUT2D eigenvalue weighted by molar-refractivity contribution is -0.146. The van der Waals surface area contributed by atoms with Crippen molar-refractivity contribution >= 4 is 23.5 Å². The van der Waals surface area contributed by atoms with Crippen LogP contribution >= 0.6 is 0 Å². The van der Waals surface area contributed by atoms with E-state index in [4.69, 9.17) is 4.74 Å². The fraction of sp³-hybridized carbons (Fsp3) is 0.318. The van der Waals surface area contributed by atoms with Crippen LogP contribution in [0.3, 0.4) is 0 Å². The number of ether oxygens (including phenoxy) is 1. The van der Waals surface area contributed by atoms with Crippen LogP contribution in [-0.2, 0) is 33.6 Å². The van der Waals surface area contributed by atoms with E-state index in [-0.39, 0.29) is 18.9 Å². The van der Waals surface area contributed by atoms with E-state index in [0.717, 1.165) is 24.8 Å². The van der Waals surface area contributed by atoms with E-state index in [1.165, 1.54) is 11.1 Å². The first-order valence-electron chi connectivity index (χ1n) is 9.49. The molecule has 2 aromatic carbocycles. The van der Waals surface area contributed by atoms with Crippen LogP contribution in [0.15, 0.2) is 42.5 Å². The highest BCUT2D eigenvalue weighted by atomic mass is 16.5. The Balaban J connectivity index is 1.48. The zero-order valence-corrected chi connectivity index (χ0v) is 15.9. The fourth-order valence-electron chi connectivity index (χ4n) is 3.30. The highest BCUT2D eigenvalue weighted by Gasteiger charge is 2.14. The smallest absolute Gasteiger partial charge is 0.310 e. The monoisotopic (exact) mass is 380 g/mol. The van der Waals surface area contributed by atoms with Gasteiger partial charge < -0.3 is 15.4 Å². The molecule has 28 heavy (non-hydrogen) atoms.